The van der Waals surface area contributed by atoms with Crippen molar-refractivity contribution >= 4 is 28.4 Å². The van der Waals surface area contributed by atoms with Gasteiger partial charge < -0.3 is 29.7 Å². The van der Waals surface area contributed by atoms with Crippen molar-refractivity contribution in [2.45, 2.75) is 25.8 Å². The van der Waals surface area contributed by atoms with Gasteiger partial charge in [-0.15, -0.1) is 0 Å². The highest BCUT2D eigenvalue weighted by Gasteiger charge is 2.15. The lowest BCUT2D eigenvalue weighted by molar-refractivity contribution is 0.145. The molecule has 1 amide bonds. The summed E-state index contributed by atoms with van der Waals surface area (Å²) in [6.07, 6.45) is 7.30. The van der Waals surface area contributed by atoms with Crippen LogP contribution in [0.5, 0.6) is 17.2 Å². The molecule has 0 aliphatic carbocycles. The summed E-state index contributed by atoms with van der Waals surface area (Å²) in [5.74, 6) is 2.39. The Labute approximate surface area is 228 Å². The highest BCUT2D eigenvalue weighted by atomic mass is 16.5. The Hall–Kier alpha value is -4.24. The third-order valence-corrected chi connectivity index (χ3v) is 6.82. The fraction of sp³-hybridized carbons (Fsp3) is 0.333. The van der Waals surface area contributed by atoms with E-state index >= 15 is 0 Å². The first kappa shape index (κ1) is 26.4. The smallest absolute Gasteiger partial charge is 0.325 e. The highest BCUT2D eigenvalue weighted by Crippen LogP contribution is 2.36. The summed E-state index contributed by atoms with van der Waals surface area (Å²) < 4.78 is 18.9. The van der Waals surface area contributed by atoms with Crippen molar-refractivity contribution in [3.63, 3.8) is 0 Å². The number of hydrogen-bond acceptors (Lipinski definition) is 7. The number of hydrogen-bond donors (Lipinski definition) is 2. The van der Waals surface area contributed by atoms with Crippen molar-refractivity contribution in [3.8, 4) is 17.2 Å². The van der Waals surface area contributed by atoms with Crippen LogP contribution < -0.4 is 25.0 Å². The van der Waals surface area contributed by atoms with E-state index in [-0.39, 0.29) is 6.03 Å². The SMILES string of the molecule is CNC(=O)n1ccc2cc(Oc3ccnc(NCc4ccc(N5CCCCC5)cc4)c3)c(OCCOC)cc21. The summed E-state index contributed by atoms with van der Waals surface area (Å²) >= 11 is 0. The second kappa shape index (κ2) is 12.5. The molecular weight excluding hydrogens is 494 g/mol. The van der Waals surface area contributed by atoms with E-state index in [0.29, 0.717) is 42.8 Å². The number of anilines is 2. The number of fused-ring (bicyclic) bond motifs is 1. The molecular formula is C30H35N5O4. The van der Waals surface area contributed by atoms with Gasteiger partial charge in [0.2, 0.25) is 0 Å². The van der Waals surface area contributed by atoms with Crippen LogP contribution in [0.25, 0.3) is 10.9 Å². The van der Waals surface area contributed by atoms with Crippen LogP contribution in [0.15, 0.2) is 67.0 Å². The summed E-state index contributed by atoms with van der Waals surface area (Å²) in [4.78, 5) is 19.2. The third kappa shape index (κ3) is 6.43. The van der Waals surface area contributed by atoms with E-state index in [4.69, 9.17) is 14.2 Å². The molecule has 0 saturated carbocycles. The average Bonchev–Trinajstić information content (AvgIpc) is 3.39. The monoisotopic (exact) mass is 529 g/mol. The lowest BCUT2D eigenvalue weighted by Crippen LogP contribution is -2.29. The Morgan fingerprint density at radius 3 is 2.56 bits per heavy atom. The number of nitrogens with one attached hydrogen (secondary N) is 2. The molecule has 2 aromatic carbocycles. The van der Waals surface area contributed by atoms with Crippen molar-refractivity contribution in [2.24, 2.45) is 0 Å². The minimum atomic E-state index is -0.229. The fourth-order valence-electron chi connectivity index (χ4n) is 4.73. The van der Waals surface area contributed by atoms with Crippen LogP contribution in [0.3, 0.4) is 0 Å². The molecule has 9 heteroatoms. The summed E-state index contributed by atoms with van der Waals surface area (Å²) in [7, 11) is 3.22. The van der Waals surface area contributed by atoms with Gasteiger partial charge in [-0.3, -0.25) is 4.57 Å². The van der Waals surface area contributed by atoms with Gasteiger partial charge in [0, 0.05) is 69.4 Å². The van der Waals surface area contributed by atoms with Crippen LogP contribution in [-0.2, 0) is 11.3 Å². The van der Waals surface area contributed by atoms with Crippen LogP contribution in [0.2, 0.25) is 0 Å². The van der Waals surface area contributed by atoms with Gasteiger partial charge in [-0.05, 0) is 55.2 Å². The number of nitrogens with zero attached hydrogens (tertiary/aromatic N) is 3. The number of methoxy groups -OCH3 is 1. The number of amides is 1. The molecule has 204 valence electrons. The number of piperidine rings is 1. The van der Waals surface area contributed by atoms with E-state index < -0.39 is 0 Å². The molecule has 2 N–H and O–H groups in total. The van der Waals surface area contributed by atoms with Gasteiger partial charge >= 0.3 is 6.03 Å². The number of pyridine rings is 1. The zero-order chi connectivity index (χ0) is 27.0. The second-order valence-electron chi connectivity index (χ2n) is 9.49. The first-order valence-corrected chi connectivity index (χ1v) is 13.3. The van der Waals surface area contributed by atoms with Crippen LogP contribution >= 0.6 is 0 Å². The number of benzene rings is 2. The Kier molecular flexibility index (Phi) is 8.48. The predicted molar refractivity (Wildman–Crippen MR) is 153 cm³/mol. The summed E-state index contributed by atoms with van der Waals surface area (Å²) in [6.45, 7) is 3.71. The average molecular weight is 530 g/mol. The van der Waals surface area contributed by atoms with Crippen molar-refractivity contribution < 1.29 is 19.0 Å². The minimum Gasteiger partial charge on any atom is -0.487 e. The fourth-order valence-corrected chi connectivity index (χ4v) is 4.73. The number of carbonyl (C=O) groups is 1. The maximum atomic E-state index is 12.3. The van der Waals surface area contributed by atoms with Crippen molar-refractivity contribution in [3.05, 3.63) is 72.6 Å². The van der Waals surface area contributed by atoms with Crippen LogP contribution in [0, 0.1) is 0 Å². The molecule has 4 aromatic rings. The second-order valence-corrected chi connectivity index (χ2v) is 9.49. The zero-order valence-corrected chi connectivity index (χ0v) is 22.5. The van der Waals surface area contributed by atoms with Gasteiger partial charge in [0.1, 0.15) is 18.2 Å². The molecule has 0 atom stereocenters. The molecule has 3 heterocycles. The summed E-state index contributed by atoms with van der Waals surface area (Å²) in [6, 6.07) is 17.7. The van der Waals surface area contributed by atoms with Gasteiger partial charge in [-0.25, -0.2) is 9.78 Å². The Balaban J connectivity index is 1.29. The quantitative estimate of drug-likeness (QED) is 0.257. The maximum Gasteiger partial charge on any atom is 0.325 e. The van der Waals surface area contributed by atoms with Gasteiger partial charge in [0.25, 0.3) is 0 Å². The van der Waals surface area contributed by atoms with E-state index in [0.717, 1.165) is 24.0 Å². The van der Waals surface area contributed by atoms with E-state index in [1.807, 2.05) is 24.3 Å². The van der Waals surface area contributed by atoms with Gasteiger partial charge in [0.15, 0.2) is 11.5 Å². The molecule has 9 nitrogen and oxygen atoms in total. The normalized spacial score (nSPS) is 13.3. The predicted octanol–water partition coefficient (Wildman–Crippen LogP) is 5.64. The summed E-state index contributed by atoms with van der Waals surface area (Å²) in [5, 5.41) is 6.90. The van der Waals surface area contributed by atoms with Gasteiger partial charge in [-0.1, -0.05) is 12.1 Å². The van der Waals surface area contributed by atoms with Crippen molar-refractivity contribution in [1.82, 2.24) is 14.9 Å². The minimum absolute atomic E-state index is 0.229. The van der Waals surface area contributed by atoms with Crippen molar-refractivity contribution in [1.29, 1.82) is 0 Å². The molecule has 2 aromatic heterocycles. The number of aromatic nitrogens is 2. The van der Waals surface area contributed by atoms with Gasteiger partial charge in [0.05, 0.1) is 12.1 Å². The van der Waals surface area contributed by atoms with E-state index in [9.17, 15) is 4.79 Å². The third-order valence-electron chi connectivity index (χ3n) is 6.82. The van der Waals surface area contributed by atoms with E-state index in [1.54, 1.807) is 32.6 Å². The molecule has 1 fully saturated rings. The Morgan fingerprint density at radius 2 is 1.79 bits per heavy atom. The van der Waals surface area contributed by atoms with Crippen LogP contribution in [0.4, 0.5) is 16.3 Å². The lowest BCUT2D eigenvalue weighted by Gasteiger charge is -2.28. The zero-order valence-electron chi connectivity index (χ0n) is 22.5. The van der Waals surface area contributed by atoms with Gasteiger partial charge in [-0.2, -0.15) is 0 Å². The number of rotatable bonds is 10. The highest BCUT2D eigenvalue weighted by molar-refractivity contribution is 5.93. The standard InChI is InChI=1S/C30H35N5O4/c1-31-30(36)35-15-11-23-18-28(27(20-26(23)35)38-17-16-37-2)39-25-10-12-32-29(19-25)33-21-22-6-8-24(9-7-22)34-13-4-3-5-14-34/h6-12,15,18-20H,3-5,13-14,16-17,21H2,1-2H3,(H,31,36)(H,32,33). The van der Waals surface area contributed by atoms with Crippen LogP contribution in [0.1, 0.15) is 24.8 Å². The summed E-state index contributed by atoms with van der Waals surface area (Å²) in [5.41, 5.74) is 3.19. The molecule has 39 heavy (non-hydrogen) atoms. The number of carbonyl (C=O) groups excluding carboxylic acids is 1. The largest absolute Gasteiger partial charge is 0.487 e. The topological polar surface area (TPSA) is 89.9 Å². The molecule has 1 aliphatic rings. The first-order chi connectivity index (χ1) is 19.1. The maximum absolute atomic E-state index is 12.3. The molecule has 0 unspecified atom stereocenters. The molecule has 0 spiro atoms. The molecule has 1 saturated heterocycles. The lowest BCUT2D eigenvalue weighted by atomic mass is 10.1. The Morgan fingerprint density at radius 1 is 0.974 bits per heavy atom. The first-order valence-electron chi connectivity index (χ1n) is 13.3. The molecule has 1 aliphatic heterocycles. The van der Waals surface area contributed by atoms with E-state index in [1.165, 1.54) is 35.1 Å². The van der Waals surface area contributed by atoms with E-state index in [2.05, 4.69) is 44.8 Å². The number of ether oxygens (including phenoxy) is 3. The van der Waals surface area contributed by atoms with Crippen LogP contribution in [-0.4, -0.2) is 56.0 Å². The molecule has 0 radical (unpaired) electrons. The Bertz CT molecular complexity index is 1400. The molecule has 0 bridgehead atoms. The molecule has 5 rings (SSSR count). The van der Waals surface area contributed by atoms with Crippen molar-refractivity contribution in [2.75, 3.05) is 50.7 Å².